The van der Waals surface area contributed by atoms with Gasteiger partial charge in [-0.1, -0.05) is 30.3 Å². The first-order valence-electron chi connectivity index (χ1n) is 6.19. The summed E-state index contributed by atoms with van der Waals surface area (Å²) < 4.78 is 11.0. The molecule has 1 aromatic carbocycles. The third-order valence-corrected chi connectivity index (χ3v) is 2.36. The normalized spacial score (nSPS) is 11.3. The van der Waals surface area contributed by atoms with Crippen molar-refractivity contribution in [2.75, 3.05) is 13.2 Å². The number of ether oxygens (including phenoxy) is 2. The predicted octanol–water partition coefficient (Wildman–Crippen LogP) is 3.36. The topological polar surface area (TPSA) is 35.5 Å². The lowest BCUT2D eigenvalue weighted by Crippen LogP contribution is -2.08. The van der Waals surface area contributed by atoms with E-state index in [9.17, 15) is 4.79 Å². The second kappa shape index (κ2) is 7.80. The van der Waals surface area contributed by atoms with Gasteiger partial charge in [-0.25, -0.2) is 0 Å². The van der Waals surface area contributed by atoms with Crippen LogP contribution in [0.5, 0.6) is 0 Å². The third-order valence-electron chi connectivity index (χ3n) is 2.36. The van der Waals surface area contributed by atoms with Gasteiger partial charge < -0.3 is 9.47 Å². The molecule has 0 fully saturated rings. The van der Waals surface area contributed by atoms with E-state index in [4.69, 9.17) is 9.47 Å². The van der Waals surface area contributed by atoms with Crippen molar-refractivity contribution in [2.45, 2.75) is 27.1 Å². The predicted molar refractivity (Wildman–Crippen MR) is 72.2 cm³/mol. The summed E-state index contributed by atoms with van der Waals surface area (Å²) in [5.74, 6) is 0.0422. The van der Waals surface area contributed by atoms with E-state index in [-0.39, 0.29) is 12.1 Å². The van der Waals surface area contributed by atoms with E-state index < -0.39 is 0 Å². The van der Waals surface area contributed by atoms with Crippen LogP contribution in [0.1, 0.15) is 38.2 Å². The molecule has 0 amide bonds. The molecule has 0 aliphatic carbocycles. The van der Waals surface area contributed by atoms with Gasteiger partial charge in [-0.2, -0.15) is 0 Å². The molecular formula is C15H20O3. The van der Waals surface area contributed by atoms with Gasteiger partial charge in [0, 0.05) is 18.8 Å². The van der Waals surface area contributed by atoms with E-state index in [1.807, 2.05) is 38.1 Å². The second-order valence-corrected chi connectivity index (χ2v) is 3.85. The van der Waals surface area contributed by atoms with Crippen LogP contribution in [0.3, 0.4) is 0 Å². The zero-order valence-corrected chi connectivity index (χ0v) is 11.2. The van der Waals surface area contributed by atoms with Crippen molar-refractivity contribution < 1.29 is 14.3 Å². The molecule has 0 aliphatic rings. The van der Waals surface area contributed by atoms with Crippen molar-refractivity contribution >= 4 is 11.9 Å². The minimum absolute atomic E-state index is 0.0422. The standard InChI is InChI=1S/C15H20O3/c1-4-17-15(18-5-2)14-10-8-13(9-11-14)7-6-12(3)16/h6-11,15H,4-5H2,1-3H3. The first kappa shape index (κ1) is 14.6. The van der Waals surface area contributed by atoms with E-state index in [0.717, 1.165) is 11.1 Å². The molecule has 0 saturated carbocycles. The smallest absolute Gasteiger partial charge is 0.183 e. The lowest BCUT2D eigenvalue weighted by atomic mass is 10.1. The number of benzene rings is 1. The number of rotatable bonds is 7. The molecule has 0 atom stereocenters. The molecule has 0 saturated heterocycles. The van der Waals surface area contributed by atoms with Gasteiger partial charge in [0.15, 0.2) is 12.1 Å². The maximum absolute atomic E-state index is 10.8. The largest absolute Gasteiger partial charge is 0.349 e. The quantitative estimate of drug-likeness (QED) is 0.548. The summed E-state index contributed by atoms with van der Waals surface area (Å²) >= 11 is 0. The Balaban J connectivity index is 2.76. The van der Waals surface area contributed by atoms with E-state index >= 15 is 0 Å². The Hall–Kier alpha value is -1.45. The molecule has 0 unspecified atom stereocenters. The molecule has 0 aliphatic heterocycles. The van der Waals surface area contributed by atoms with Crippen LogP contribution in [-0.2, 0) is 14.3 Å². The Morgan fingerprint density at radius 2 is 1.72 bits per heavy atom. The molecule has 1 rings (SSSR count). The monoisotopic (exact) mass is 248 g/mol. The molecule has 3 nitrogen and oxygen atoms in total. The average Bonchev–Trinajstić information content (AvgIpc) is 2.37. The van der Waals surface area contributed by atoms with Crippen LogP contribution in [0.4, 0.5) is 0 Å². The van der Waals surface area contributed by atoms with Gasteiger partial charge in [-0.3, -0.25) is 4.79 Å². The average molecular weight is 248 g/mol. The molecular weight excluding hydrogens is 228 g/mol. The molecule has 0 bridgehead atoms. The summed E-state index contributed by atoms with van der Waals surface area (Å²) in [6, 6.07) is 7.80. The number of carbonyl (C=O) groups excluding carboxylic acids is 1. The van der Waals surface area contributed by atoms with Gasteiger partial charge in [0.1, 0.15) is 0 Å². The lowest BCUT2D eigenvalue weighted by molar-refractivity contribution is -0.140. The maximum Gasteiger partial charge on any atom is 0.183 e. The van der Waals surface area contributed by atoms with Crippen molar-refractivity contribution in [3.8, 4) is 0 Å². The van der Waals surface area contributed by atoms with Crippen LogP contribution >= 0.6 is 0 Å². The van der Waals surface area contributed by atoms with Crippen molar-refractivity contribution in [3.63, 3.8) is 0 Å². The van der Waals surface area contributed by atoms with Gasteiger partial charge in [0.2, 0.25) is 0 Å². The lowest BCUT2D eigenvalue weighted by Gasteiger charge is -2.17. The fraction of sp³-hybridized carbons (Fsp3) is 0.400. The van der Waals surface area contributed by atoms with Crippen LogP contribution in [0.2, 0.25) is 0 Å². The Morgan fingerprint density at radius 3 is 2.17 bits per heavy atom. The van der Waals surface area contributed by atoms with Crippen LogP contribution in [0.15, 0.2) is 30.3 Å². The molecule has 18 heavy (non-hydrogen) atoms. The highest BCUT2D eigenvalue weighted by molar-refractivity contribution is 5.91. The number of allylic oxidation sites excluding steroid dienone is 1. The number of hydrogen-bond acceptors (Lipinski definition) is 3. The van der Waals surface area contributed by atoms with Gasteiger partial charge in [0.05, 0.1) is 0 Å². The van der Waals surface area contributed by atoms with E-state index in [2.05, 4.69) is 0 Å². The SMILES string of the molecule is CCOC(OCC)c1ccc(C=CC(C)=O)cc1. The second-order valence-electron chi connectivity index (χ2n) is 3.85. The molecule has 0 radical (unpaired) electrons. The zero-order chi connectivity index (χ0) is 13.4. The summed E-state index contributed by atoms with van der Waals surface area (Å²) in [5, 5.41) is 0. The maximum atomic E-state index is 10.8. The first-order chi connectivity index (χ1) is 8.67. The van der Waals surface area contributed by atoms with Crippen molar-refractivity contribution in [2.24, 2.45) is 0 Å². The van der Waals surface area contributed by atoms with Gasteiger partial charge >= 0.3 is 0 Å². The van der Waals surface area contributed by atoms with Crippen LogP contribution < -0.4 is 0 Å². The summed E-state index contributed by atoms with van der Waals surface area (Å²) in [4.78, 5) is 10.8. The van der Waals surface area contributed by atoms with Crippen LogP contribution in [0.25, 0.3) is 6.08 Å². The Labute approximate surface area is 108 Å². The molecule has 3 heteroatoms. The van der Waals surface area contributed by atoms with Crippen molar-refractivity contribution in [1.82, 2.24) is 0 Å². The molecule has 1 aromatic rings. The van der Waals surface area contributed by atoms with Gasteiger partial charge in [-0.15, -0.1) is 0 Å². The van der Waals surface area contributed by atoms with E-state index in [0.29, 0.717) is 13.2 Å². The van der Waals surface area contributed by atoms with Crippen LogP contribution in [-0.4, -0.2) is 19.0 Å². The first-order valence-corrected chi connectivity index (χ1v) is 6.19. The number of hydrogen-bond donors (Lipinski definition) is 0. The van der Waals surface area contributed by atoms with Crippen molar-refractivity contribution in [1.29, 1.82) is 0 Å². The summed E-state index contributed by atoms with van der Waals surface area (Å²) in [7, 11) is 0. The number of carbonyl (C=O) groups is 1. The highest BCUT2D eigenvalue weighted by Crippen LogP contribution is 2.19. The van der Waals surface area contributed by atoms with E-state index in [1.54, 1.807) is 12.2 Å². The number of ketones is 1. The van der Waals surface area contributed by atoms with E-state index in [1.165, 1.54) is 6.92 Å². The molecule has 0 N–H and O–H groups in total. The van der Waals surface area contributed by atoms with Crippen LogP contribution in [0, 0.1) is 0 Å². The molecule has 98 valence electrons. The van der Waals surface area contributed by atoms with Crippen molar-refractivity contribution in [3.05, 3.63) is 41.5 Å². The highest BCUT2D eigenvalue weighted by Gasteiger charge is 2.10. The minimum Gasteiger partial charge on any atom is -0.349 e. The molecule has 0 heterocycles. The van der Waals surface area contributed by atoms with Gasteiger partial charge in [0.25, 0.3) is 0 Å². The fourth-order valence-corrected chi connectivity index (χ4v) is 1.52. The molecule has 0 aromatic heterocycles. The Morgan fingerprint density at radius 1 is 1.17 bits per heavy atom. The summed E-state index contributed by atoms with van der Waals surface area (Å²) in [6.07, 6.45) is 3.03. The Kier molecular flexibility index (Phi) is 6.33. The highest BCUT2D eigenvalue weighted by atomic mass is 16.7. The fourth-order valence-electron chi connectivity index (χ4n) is 1.52. The molecule has 0 spiro atoms. The third kappa shape index (κ3) is 4.82. The summed E-state index contributed by atoms with van der Waals surface area (Å²) in [5.41, 5.74) is 1.97. The van der Waals surface area contributed by atoms with Gasteiger partial charge in [-0.05, 0) is 32.4 Å². The zero-order valence-electron chi connectivity index (χ0n) is 11.2. The Bertz CT molecular complexity index is 387. The summed E-state index contributed by atoms with van der Waals surface area (Å²) in [6.45, 7) is 6.63. The minimum atomic E-state index is -0.314.